The zero-order valence-electron chi connectivity index (χ0n) is 16.0. The number of hydrogen-bond acceptors (Lipinski definition) is 6. The molecule has 2 aromatic heterocycles. The van der Waals surface area contributed by atoms with Crippen molar-refractivity contribution in [2.45, 2.75) is 0 Å². The van der Waals surface area contributed by atoms with Gasteiger partial charge in [-0.25, -0.2) is 0 Å². The van der Waals surface area contributed by atoms with Crippen LogP contribution in [0.4, 0.5) is 11.4 Å². The summed E-state index contributed by atoms with van der Waals surface area (Å²) in [6.45, 7) is 0. The van der Waals surface area contributed by atoms with Crippen LogP contribution < -0.4 is 14.8 Å². The van der Waals surface area contributed by atoms with E-state index >= 15 is 0 Å². The summed E-state index contributed by atoms with van der Waals surface area (Å²) in [5.74, 6) is 1.24. The molecule has 0 radical (unpaired) electrons. The van der Waals surface area contributed by atoms with E-state index in [0.717, 1.165) is 27.7 Å². The summed E-state index contributed by atoms with van der Waals surface area (Å²) in [7, 11) is 3.19. The molecule has 0 aliphatic carbocycles. The number of nitrogens with zero attached hydrogens (tertiary/aromatic N) is 3. The van der Waals surface area contributed by atoms with Crippen molar-refractivity contribution in [3.8, 4) is 28.7 Å². The van der Waals surface area contributed by atoms with Gasteiger partial charge in [0.2, 0.25) is 0 Å². The Balaban J connectivity index is 1.87. The average Bonchev–Trinajstić information content (AvgIpc) is 2.79. The summed E-state index contributed by atoms with van der Waals surface area (Å²) in [5.41, 5.74) is 4.49. The fourth-order valence-electron chi connectivity index (χ4n) is 3.25. The maximum absolute atomic E-state index is 9.68. The molecule has 6 nitrogen and oxygen atoms in total. The van der Waals surface area contributed by atoms with Crippen molar-refractivity contribution in [2.24, 2.45) is 0 Å². The van der Waals surface area contributed by atoms with Gasteiger partial charge in [0.1, 0.15) is 6.07 Å². The Hall–Kier alpha value is -4.11. The van der Waals surface area contributed by atoms with E-state index in [9.17, 15) is 5.26 Å². The van der Waals surface area contributed by atoms with Gasteiger partial charge in [0.15, 0.2) is 11.5 Å². The van der Waals surface area contributed by atoms with E-state index in [-0.39, 0.29) is 0 Å². The Labute approximate surface area is 168 Å². The van der Waals surface area contributed by atoms with Crippen molar-refractivity contribution < 1.29 is 9.47 Å². The topological polar surface area (TPSA) is 80.1 Å². The number of nitriles is 1. The van der Waals surface area contributed by atoms with E-state index < -0.39 is 0 Å². The van der Waals surface area contributed by atoms with Gasteiger partial charge in [-0.1, -0.05) is 12.1 Å². The number of fused-ring (bicyclic) bond motifs is 1. The normalized spacial score (nSPS) is 10.4. The number of pyridine rings is 2. The third kappa shape index (κ3) is 3.42. The highest BCUT2D eigenvalue weighted by Crippen LogP contribution is 2.38. The van der Waals surface area contributed by atoms with Gasteiger partial charge in [-0.3, -0.25) is 9.97 Å². The number of ether oxygens (including phenoxy) is 2. The lowest BCUT2D eigenvalue weighted by atomic mass is 10.0. The van der Waals surface area contributed by atoms with Gasteiger partial charge in [-0.2, -0.15) is 5.26 Å². The van der Waals surface area contributed by atoms with Crippen LogP contribution in [-0.4, -0.2) is 24.2 Å². The SMILES string of the molecule is COc1ccc(-c2cncc(C#N)c2Nc2cccc3ncccc23)cc1OC. The Morgan fingerprint density at radius 2 is 1.83 bits per heavy atom. The number of nitrogens with one attached hydrogen (secondary N) is 1. The van der Waals surface area contributed by atoms with E-state index in [1.54, 1.807) is 32.8 Å². The molecule has 0 saturated heterocycles. The fourth-order valence-corrected chi connectivity index (χ4v) is 3.25. The van der Waals surface area contributed by atoms with Crippen LogP contribution >= 0.6 is 0 Å². The van der Waals surface area contributed by atoms with Crippen LogP contribution in [0.3, 0.4) is 0 Å². The summed E-state index contributed by atoms with van der Waals surface area (Å²) in [5, 5.41) is 14.1. The Bertz CT molecular complexity index is 1230. The van der Waals surface area contributed by atoms with Crippen molar-refractivity contribution >= 4 is 22.3 Å². The van der Waals surface area contributed by atoms with Gasteiger partial charge < -0.3 is 14.8 Å². The lowest BCUT2D eigenvalue weighted by Crippen LogP contribution is -1.99. The number of benzene rings is 2. The number of aromatic nitrogens is 2. The first-order valence-electron chi connectivity index (χ1n) is 8.96. The molecule has 4 rings (SSSR count). The highest BCUT2D eigenvalue weighted by Gasteiger charge is 2.15. The molecule has 142 valence electrons. The lowest BCUT2D eigenvalue weighted by Gasteiger charge is -2.16. The standard InChI is InChI=1S/C23H18N4O2/c1-28-21-9-8-15(11-22(21)29-2)18-14-25-13-16(12-24)23(18)27-20-7-3-6-19-17(20)5-4-10-26-19/h3-11,13-14H,1-2H3,(H,25,27). The maximum atomic E-state index is 9.68. The van der Waals surface area contributed by atoms with Gasteiger partial charge >= 0.3 is 0 Å². The van der Waals surface area contributed by atoms with E-state index in [1.165, 1.54) is 0 Å². The zero-order chi connectivity index (χ0) is 20.2. The summed E-state index contributed by atoms with van der Waals surface area (Å²) >= 11 is 0. The van der Waals surface area contributed by atoms with Crippen molar-refractivity contribution in [1.82, 2.24) is 9.97 Å². The van der Waals surface area contributed by atoms with Gasteiger partial charge in [0.25, 0.3) is 0 Å². The molecule has 0 amide bonds. The molecule has 4 aromatic rings. The first-order valence-corrected chi connectivity index (χ1v) is 8.96. The number of methoxy groups -OCH3 is 2. The van der Waals surface area contributed by atoms with Gasteiger partial charge in [-0.15, -0.1) is 0 Å². The molecule has 2 aromatic carbocycles. The Morgan fingerprint density at radius 3 is 2.62 bits per heavy atom. The molecular weight excluding hydrogens is 364 g/mol. The van der Waals surface area contributed by atoms with Crippen LogP contribution in [0.15, 0.2) is 67.1 Å². The minimum absolute atomic E-state index is 0.443. The molecule has 0 unspecified atom stereocenters. The highest BCUT2D eigenvalue weighted by molar-refractivity contribution is 5.95. The van der Waals surface area contributed by atoms with Gasteiger partial charge in [0, 0.05) is 35.2 Å². The zero-order valence-corrected chi connectivity index (χ0v) is 16.0. The van der Waals surface area contributed by atoms with Crippen LogP contribution in [0, 0.1) is 11.3 Å². The summed E-state index contributed by atoms with van der Waals surface area (Å²) in [6.07, 6.45) is 5.04. The lowest BCUT2D eigenvalue weighted by molar-refractivity contribution is 0.355. The number of hydrogen-bond donors (Lipinski definition) is 1. The molecule has 0 bridgehead atoms. The fraction of sp³-hybridized carbons (Fsp3) is 0.0870. The van der Waals surface area contributed by atoms with Crippen LogP contribution in [0.2, 0.25) is 0 Å². The smallest absolute Gasteiger partial charge is 0.161 e. The summed E-state index contributed by atoms with van der Waals surface area (Å²) < 4.78 is 10.8. The minimum atomic E-state index is 0.443. The summed E-state index contributed by atoms with van der Waals surface area (Å²) in [6, 6.07) is 17.6. The predicted molar refractivity (Wildman–Crippen MR) is 113 cm³/mol. The van der Waals surface area contributed by atoms with Crippen molar-refractivity contribution in [1.29, 1.82) is 5.26 Å². The monoisotopic (exact) mass is 382 g/mol. The van der Waals surface area contributed by atoms with Crippen LogP contribution in [-0.2, 0) is 0 Å². The van der Waals surface area contributed by atoms with E-state index in [1.807, 2.05) is 48.5 Å². The van der Waals surface area contributed by atoms with Crippen LogP contribution in [0.25, 0.3) is 22.0 Å². The molecule has 0 aliphatic heterocycles. The first kappa shape index (κ1) is 18.3. The third-order valence-corrected chi connectivity index (χ3v) is 4.67. The first-order chi connectivity index (χ1) is 14.2. The maximum Gasteiger partial charge on any atom is 0.161 e. The molecule has 0 saturated carbocycles. The van der Waals surface area contributed by atoms with Crippen molar-refractivity contribution in [3.05, 3.63) is 72.7 Å². The minimum Gasteiger partial charge on any atom is -0.493 e. The average molecular weight is 382 g/mol. The molecule has 0 aliphatic rings. The van der Waals surface area contributed by atoms with Crippen molar-refractivity contribution in [2.75, 3.05) is 19.5 Å². The number of rotatable bonds is 5. The van der Waals surface area contributed by atoms with E-state index in [0.29, 0.717) is 22.7 Å². The molecule has 6 heteroatoms. The summed E-state index contributed by atoms with van der Waals surface area (Å²) in [4.78, 5) is 8.65. The highest BCUT2D eigenvalue weighted by atomic mass is 16.5. The predicted octanol–water partition coefficient (Wildman–Crippen LogP) is 4.93. The molecule has 29 heavy (non-hydrogen) atoms. The Kier molecular flexibility index (Phi) is 4.95. The molecule has 2 heterocycles. The molecule has 1 N–H and O–H groups in total. The third-order valence-electron chi connectivity index (χ3n) is 4.67. The molecular formula is C23H18N4O2. The van der Waals surface area contributed by atoms with Crippen LogP contribution in [0.1, 0.15) is 5.56 Å². The second kappa shape index (κ2) is 7.87. The quantitative estimate of drug-likeness (QED) is 0.527. The van der Waals surface area contributed by atoms with Gasteiger partial charge in [0.05, 0.1) is 31.0 Å². The van der Waals surface area contributed by atoms with E-state index in [4.69, 9.17) is 9.47 Å². The molecule has 0 atom stereocenters. The van der Waals surface area contributed by atoms with Gasteiger partial charge in [-0.05, 0) is 42.0 Å². The molecule has 0 spiro atoms. The second-order valence-electron chi connectivity index (χ2n) is 6.29. The van der Waals surface area contributed by atoms with E-state index in [2.05, 4.69) is 21.4 Å². The van der Waals surface area contributed by atoms with Crippen LogP contribution in [0.5, 0.6) is 11.5 Å². The molecule has 0 fully saturated rings. The largest absolute Gasteiger partial charge is 0.493 e. The number of anilines is 2. The van der Waals surface area contributed by atoms with Crippen molar-refractivity contribution in [3.63, 3.8) is 0 Å². The second-order valence-corrected chi connectivity index (χ2v) is 6.29. The Morgan fingerprint density at radius 1 is 0.966 bits per heavy atom.